The zero-order valence-electron chi connectivity index (χ0n) is 29.3. The van der Waals surface area contributed by atoms with Gasteiger partial charge in [0.1, 0.15) is 0 Å². The molecule has 3 fully saturated rings. The van der Waals surface area contributed by atoms with E-state index in [4.69, 9.17) is 9.47 Å². The molecule has 2 heterocycles. The molecule has 2 saturated heterocycles. The van der Waals surface area contributed by atoms with E-state index in [1.807, 2.05) is 0 Å². The van der Waals surface area contributed by atoms with Crippen LogP contribution in [0.15, 0.2) is 23.3 Å². The molecule has 0 aromatic carbocycles. The third kappa shape index (κ3) is 26.3. The van der Waals surface area contributed by atoms with Crippen LogP contribution in [0, 0.1) is 35.5 Å². The van der Waals surface area contributed by atoms with Gasteiger partial charge in [0.25, 0.3) is 0 Å². The lowest BCUT2D eigenvalue weighted by Gasteiger charge is -2.23. The summed E-state index contributed by atoms with van der Waals surface area (Å²) in [5.41, 5.74) is 3.17. The molecule has 5 rings (SSSR count). The number of allylic oxidation sites excluding steroid dienone is 4. The Morgan fingerprint density at radius 2 is 0.744 bits per heavy atom. The number of hydrogen-bond acceptors (Lipinski definition) is 2. The molecule has 0 amide bonds. The van der Waals surface area contributed by atoms with Crippen LogP contribution in [-0.2, 0) is 9.47 Å². The van der Waals surface area contributed by atoms with Gasteiger partial charge in [-0.15, -0.1) is 0 Å². The number of hydrogen-bond donors (Lipinski definition) is 0. The number of rotatable bonds is 0. The van der Waals surface area contributed by atoms with Crippen molar-refractivity contribution in [3.05, 3.63) is 23.3 Å². The van der Waals surface area contributed by atoms with Crippen LogP contribution >= 0.6 is 0 Å². The summed E-state index contributed by atoms with van der Waals surface area (Å²) >= 11 is 0. The van der Waals surface area contributed by atoms with Gasteiger partial charge in [-0.2, -0.15) is 0 Å². The second kappa shape index (κ2) is 27.6. The first kappa shape index (κ1) is 46.7. The molecule has 260 valence electrons. The van der Waals surface area contributed by atoms with Crippen LogP contribution < -0.4 is 0 Å². The summed E-state index contributed by atoms with van der Waals surface area (Å²) in [7, 11) is 0. The topological polar surface area (TPSA) is 18.5 Å². The van der Waals surface area contributed by atoms with Gasteiger partial charge < -0.3 is 9.47 Å². The molecule has 0 N–H and O–H groups in total. The maximum Gasteiger partial charge on any atom is 0.0547 e. The molecule has 5 aliphatic rings. The molecule has 0 radical (unpaired) electrons. The Labute approximate surface area is 272 Å². The predicted molar refractivity (Wildman–Crippen MR) is 194 cm³/mol. The largest absolute Gasteiger partial charge is 0.378 e. The van der Waals surface area contributed by atoms with E-state index in [1.54, 1.807) is 11.1 Å². The van der Waals surface area contributed by atoms with Crippen molar-refractivity contribution in [3.8, 4) is 0 Å². The standard InChI is InChI=1S/C8H16.2C8H14.2C7H14O.2CH4.FH/c3*1-7-3-5-8(2)6-4-7;2*1-6-3-4-7(2)8-5-6;;;/h7-8H,3-6H2,1-2H3;2*3,8H,4-6H2,1-2H3;2*6-7H,3-5H2,1-2H3;2*1H4;1H. The van der Waals surface area contributed by atoms with Gasteiger partial charge in [-0.1, -0.05) is 105 Å². The Bertz CT molecular complexity index is 556. The normalized spacial score (nSPS) is 33.3. The fraction of sp³-hybridized carbons (Fsp3) is 0.900. The summed E-state index contributed by atoms with van der Waals surface area (Å²) in [5.74, 6) is 5.52. The van der Waals surface area contributed by atoms with Crippen LogP contribution in [0.3, 0.4) is 0 Å². The van der Waals surface area contributed by atoms with E-state index in [2.05, 4.69) is 81.4 Å². The molecule has 43 heavy (non-hydrogen) atoms. The van der Waals surface area contributed by atoms with Crippen molar-refractivity contribution >= 4 is 0 Å². The van der Waals surface area contributed by atoms with Gasteiger partial charge in [0.15, 0.2) is 0 Å². The summed E-state index contributed by atoms with van der Waals surface area (Å²) in [6, 6.07) is 0. The third-order valence-corrected chi connectivity index (χ3v) is 9.57. The van der Waals surface area contributed by atoms with Crippen LogP contribution in [0.2, 0.25) is 0 Å². The Balaban J connectivity index is -0.000000457. The van der Waals surface area contributed by atoms with Crippen molar-refractivity contribution in [2.45, 2.75) is 186 Å². The van der Waals surface area contributed by atoms with E-state index in [-0.39, 0.29) is 19.6 Å². The number of ether oxygens (including phenoxy) is 2. The lowest BCUT2D eigenvalue weighted by molar-refractivity contribution is 0.000174. The van der Waals surface area contributed by atoms with Crippen molar-refractivity contribution in [3.63, 3.8) is 0 Å². The molecule has 0 spiro atoms. The third-order valence-electron chi connectivity index (χ3n) is 9.57. The molecule has 3 aliphatic carbocycles. The second-order valence-corrected chi connectivity index (χ2v) is 14.9. The first-order valence-corrected chi connectivity index (χ1v) is 17.5. The zero-order valence-corrected chi connectivity index (χ0v) is 29.3. The molecule has 6 atom stereocenters. The summed E-state index contributed by atoms with van der Waals surface area (Å²) < 4.78 is 10.8. The van der Waals surface area contributed by atoms with Gasteiger partial charge in [-0.05, 0) is 127 Å². The Hall–Kier alpha value is -0.670. The van der Waals surface area contributed by atoms with Crippen LogP contribution in [0.4, 0.5) is 4.70 Å². The maximum absolute atomic E-state index is 5.39. The van der Waals surface area contributed by atoms with Gasteiger partial charge >= 0.3 is 0 Å². The Kier molecular flexibility index (Phi) is 30.0. The first-order chi connectivity index (χ1) is 18.9. The average molecular weight is 613 g/mol. The van der Waals surface area contributed by atoms with Crippen LogP contribution in [0.5, 0.6) is 0 Å². The number of halogens is 1. The molecule has 2 aliphatic heterocycles. The lowest BCUT2D eigenvalue weighted by Crippen LogP contribution is -2.21. The summed E-state index contributed by atoms with van der Waals surface area (Å²) in [6.45, 7) is 24.6. The van der Waals surface area contributed by atoms with E-state index in [0.717, 1.165) is 48.7 Å². The average Bonchev–Trinajstić information content (AvgIpc) is 2.94. The van der Waals surface area contributed by atoms with Gasteiger partial charge in [0.2, 0.25) is 0 Å². The molecule has 0 aromatic heterocycles. The van der Waals surface area contributed by atoms with Crippen LogP contribution in [-0.4, -0.2) is 25.4 Å². The fourth-order valence-electron chi connectivity index (χ4n) is 5.65. The Morgan fingerprint density at radius 3 is 0.930 bits per heavy atom. The molecular weight excluding hydrogens is 531 g/mol. The summed E-state index contributed by atoms with van der Waals surface area (Å²) in [5, 5.41) is 0. The maximum atomic E-state index is 5.39. The highest BCUT2D eigenvalue weighted by Crippen LogP contribution is 2.27. The highest BCUT2D eigenvalue weighted by Gasteiger charge is 2.15. The zero-order chi connectivity index (χ0) is 29.9. The smallest absolute Gasteiger partial charge is 0.0547 e. The summed E-state index contributed by atoms with van der Waals surface area (Å²) in [4.78, 5) is 0. The van der Waals surface area contributed by atoms with Crippen molar-refractivity contribution < 1.29 is 14.2 Å². The van der Waals surface area contributed by atoms with Crippen molar-refractivity contribution in [2.24, 2.45) is 35.5 Å². The molecule has 1 saturated carbocycles. The minimum atomic E-state index is 0. The van der Waals surface area contributed by atoms with E-state index in [9.17, 15) is 0 Å². The van der Waals surface area contributed by atoms with Crippen LogP contribution in [0.1, 0.15) is 174 Å². The summed E-state index contributed by atoms with van der Waals surface area (Å²) in [6.07, 6.45) is 25.0. The molecule has 0 bridgehead atoms. The molecule has 0 aromatic rings. The molecular formula is C40H81FO2. The molecule has 6 unspecified atom stereocenters. The fourth-order valence-corrected chi connectivity index (χ4v) is 5.65. The van der Waals surface area contributed by atoms with Gasteiger partial charge in [0, 0.05) is 13.2 Å². The monoisotopic (exact) mass is 613 g/mol. The van der Waals surface area contributed by atoms with Gasteiger partial charge in [-0.25, -0.2) is 0 Å². The predicted octanol–water partition coefficient (Wildman–Crippen LogP) is 13.4. The highest BCUT2D eigenvalue weighted by atomic mass is 19.0. The SMILES string of the molecule is C.C.CC1=CCC(C)CC1.CC1=CCC(C)CC1.CC1CCC(C)CC1.CC1CCC(C)OC1.CC1CCC(C)OC1.F. The minimum Gasteiger partial charge on any atom is -0.378 e. The van der Waals surface area contributed by atoms with Crippen LogP contribution in [0.25, 0.3) is 0 Å². The van der Waals surface area contributed by atoms with E-state index < -0.39 is 0 Å². The van der Waals surface area contributed by atoms with E-state index in [1.165, 1.54) is 89.9 Å². The highest BCUT2D eigenvalue weighted by molar-refractivity contribution is 5.02. The lowest BCUT2D eigenvalue weighted by atomic mass is 9.84. The molecule has 2 nitrogen and oxygen atoms in total. The first-order valence-electron chi connectivity index (χ1n) is 17.5. The van der Waals surface area contributed by atoms with Gasteiger partial charge in [-0.3, -0.25) is 4.70 Å². The van der Waals surface area contributed by atoms with E-state index in [0.29, 0.717) is 12.2 Å². The van der Waals surface area contributed by atoms with Crippen molar-refractivity contribution in [2.75, 3.05) is 13.2 Å². The quantitative estimate of drug-likeness (QED) is 0.253. The van der Waals surface area contributed by atoms with E-state index >= 15 is 0 Å². The van der Waals surface area contributed by atoms with Crippen molar-refractivity contribution in [1.29, 1.82) is 0 Å². The Morgan fingerprint density at radius 1 is 0.442 bits per heavy atom. The molecule has 3 heteroatoms. The minimum absolute atomic E-state index is 0. The van der Waals surface area contributed by atoms with Gasteiger partial charge in [0.05, 0.1) is 12.2 Å². The van der Waals surface area contributed by atoms with Crippen molar-refractivity contribution in [1.82, 2.24) is 0 Å². The second-order valence-electron chi connectivity index (χ2n) is 14.9.